The van der Waals surface area contributed by atoms with Crippen molar-refractivity contribution in [1.82, 2.24) is 5.32 Å². The van der Waals surface area contributed by atoms with Crippen molar-refractivity contribution in [1.29, 1.82) is 0 Å². The summed E-state index contributed by atoms with van der Waals surface area (Å²) in [6.07, 6.45) is 1.27. The molecule has 0 radical (unpaired) electrons. The van der Waals surface area contributed by atoms with E-state index < -0.39 is 12.9 Å². The molecule has 4 nitrogen and oxygen atoms in total. The van der Waals surface area contributed by atoms with Crippen LogP contribution in [0.4, 0.5) is 0 Å². The first-order valence-corrected chi connectivity index (χ1v) is 8.66. The van der Waals surface area contributed by atoms with Crippen LogP contribution in [0.5, 0.6) is 0 Å². The molecule has 1 aromatic rings. The zero-order chi connectivity index (χ0) is 15.5. The molecule has 1 atom stereocenters. The maximum absolute atomic E-state index is 13.2. The number of rotatable bonds is 5. The van der Waals surface area contributed by atoms with E-state index >= 15 is 0 Å². The van der Waals surface area contributed by atoms with E-state index in [4.69, 9.17) is 9.05 Å². The summed E-state index contributed by atoms with van der Waals surface area (Å²) in [4.78, 5) is 0. The summed E-state index contributed by atoms with van der Waals surface area (Å²) in [6.45, 7) is 4.89. The van der Waals surface area contributed by atoms with E-state index in [0.717, 1.165) is 5.56 Å². The minimum atomic E-state index is -3.26. The third-order valence-corrected chi connectivity index (χ3v) is 6.80. The Morgan fingerprint density at radius 1 is 1.14 bits per heavy atom. The first-order valence-electron chi connectivity index (χ1n) is 7.12. The van der Waals surface area contributed by atoms with Crippen LogP contribution >= 0.6 is 7.60 Å². The fourth-order valence-corrected chi connectivity index (χ4v) is 4.80. The van der Waals surface area contributed by atoms with Crippen molar-refractivity contribution < 1.29 is 13.6 Å². The minimum Gasteiger partial charge on any atom is -0.311 e. The molecule has 0 spiro atoms. The third kappa shape index (κ3) is 3.14. The van der Waals surface area contributed by atoms with Gasteiger partial charge in [0.2, 0.25) is 0 Å². The Labute approximate surface area is 127 Å². The van der Waals surface area contributed by atoms with Crippen molar-refractivity contribution in [2.45, 2.75) is 32.0 Å². The average Bonchev–Trinajstić information content (AvgIpc) is 2.51. The highest BCUT2D eigenvalue weighted by molar-refractivity contribution is 7.55. The van der Waals surface area contributed by atoms with Crippen LogP contribution in [0.1, 0.15) is 25.8 Å². The highest BCUT2D eigenvalue weighted by Crippen LogP contribution is 2.61. The predicted octanol–water partition coefficient (Wildman–Crippen LogP) is 3.74. The highest BCUT2D eigenvalue weighted by Gasteiger charge is 2.51. The summed E-state index contributed by atoms with van der Waals surface area (Å²) in [5.41, 5.74) is 3.66. The molecule has 1 aromatic carbocycles. The zero-order valence-corrected chi connectivity index (χ0v) is 14.1. The second-order valence-electron chi connectivity index (χ2n) is 5.65. The molecule has 0 aliphatic carbocycles. The molecule has 1 heterocycles. The van der Waals surface area contributed by atoms with Crippen LogP contribution in [-0.2, 0) is 20.0 Å². The summed E-state index contributed by atoms with van der Waals surface area (Å²) in [6, 6.07) is 10.0. The first-order chi connectivity index (χ1) is 9.96. The molecular weight excluding hydrogens is 285 g/mol. The molecular formula is C16H24NO3P. The van der Waals surface area contributed by atoms with Crippen molar-refractivity contribution in [2.24, 2.45) is 0 Å². The number of nitrogens with one attached hydrogen (secondary N) is 1. The normalized spacial score (nSPS) is 23.4. The van der Waals surface area contributed by atoms with E-state index in [-0.39, 0.29) is 0 Å². The highest BCUT2D eigenvalue weighted by atomic mass is 31.2. The molecule has 0 saturated carbocycles. The van der Waals surface area contributed by atoms with Gasteiger partial charge in [0, 0.05) is 27.2 Å². The van der Waals surface area contributed by atoms with Crippen molar-refractivity contribution in [3.8, 4) is 0 Å². The van der Waals surface area contributed by atoms with E-state index in [1.165, 1.54) is 25.4 Å². The number of benzene rings is 1. The Balaban J connectivity index is 2.43. The predicted molar refractivity (Wildman–Crippen MR) is 85.5 cm³/mol. The lowest BCUT2D eigenvalue weighted by Gasteiger charge is -2.42. The summed E-state index contributed by atoms with van der Waals surface area (Å²) in [7, 11) is -0.347. The van der Waals surface area contributed by atoms with Crippen LogP contribution < -0.4 is 5.32 Å². The summed E-state index contributed by atoms with van der Waals surface area (Å²) in [5.74, 6) is 0. The van der Waals surface area contributed by atoms with Gasteiger partial charge in [0.1, 0.15) is 5.28 Å². The van der Waals surface area contributed by atoms with Crippen LogP contribution in [0, 0.1) is 0 Å². The third-order valence-electron chi connectivity index (χ3n) is 4.31. The van der Waals surface area contributed by atoms with Crippen LogP contribution in [-0.4, -0.2) is 26.0 Å². The summed E-state index contributed by atoms with van der Waals surface area (Å²) < 4.78 is 23.8. The SMILES string of the molecule is COP(=O)(OC)[C@]1(Cc2ccccc2)CC(C)=C(C)CN1. The largest absolute Gasteiger partial charge is 0.350 e. The van der Waals surface area contributed by atoms with Gasteiger partial charge in [-0.1, -0.05) is 41.5 Å². The molecule has 1 N–H and O–H groups in total. The monoisotopic (exact) mass is 309 g/mol. The first kappa shape index (κ1) is 16.4. The van der Waals surface area contributed by atoms with Crippen LogP contribution in [0.2, 0.25) is 0 Å². The maximum Gasteiger partial charge on any atom is 0.350 e. The molecule has 21 heavy (non-hydrogen) atoms. The quantitative estimate of drug-likeness (QED) is 0.665. The molecule has 5 heteroatoms. The van der Waals surface area contributed by atoms with Gasteiger partial charge in [-0.3, -0.25) is 9.88 Å². The number of hydrogen-bond donors (Lipinski definition) is 1. The van der Waals surface area contributed by atoms with Gasteiger partial charge in [-0.05, 0) is 25.8 Å². The van der Waals surface area contributed by atoms with Crippen molar-refractivity contribution in [3.05, 3.63) is 47.0 Å². The smallest absolute Gasteiger partial charge is 0.311 e. The van der Waals surface area contributed by atoms with Gasteiger partial charge < -0.3 is 9.05 Å². The molecule has 2 rings (SSSR count). The van der Waals surface area contributed by atoms with Gasteiger partial charge in [-0.15, -0.1) is 0 Å². The van der Waals surface area contributed by atoms with E-state index in [0.29, 0.717) is 19.4 Å². The van der Waals surface area contributed by atoms with Crippen LogP contribution in [0.25, 0.3) is 0 Å². The Kier molecular flexibility index (Phi) is 5.05. The van der Waals surface area contributed by atoms with Crippen LogP contribution in [0.3, 0.4) is 0 Å². The molecule has 0 saturated heterocycles. The van der Waals surface area contributed by atoms with Gasteiger partial charge in [0.25, 0.3) is 0 Å². The number of hydrogen-bond acceptors (Lipinski definition) is 4. The Hall–Kier alpha value is -0.930. The molecule has 0 unspecified atom stereocenters. The Bertz CT molecular complexity index is 562. The van der Waals surface area contributed by atoms with Gasteiger partial charge in [-0.2, -0.15) is 0 Å². The van der Waals surface area contributed by atoms with E-state index in [9.17, 15) is 4.57 Å². The lowest BCUT2D eigenvalue weighted by Crippen LogP contribution is -2.50. The maximum atomic E-state index is 13.2. The van der Waals surface area contributed by atoms with Crippen molar-refractivity contribution in [2.75, 3.05) is 20.8 Å². The van der Waals surface area contributed by atoms with E-state index in [1.54, 1.807) is 0 Å². The van der Waals surface area contributed by atoms with Crippen molar-refractivity contribution in [3.63, 3.8) is 0 Å². The van der Waals surface area contributed by atoms with Crippen molar-refractivity contribution >= 4 is 7.60 Å². The fourth-order valence-electron chi connectivity index (χ4n) is 2.87. The summed E-state index contributed by atoms with van der Waals surface area (Å²) >= 11 is 0. The van der Waals surface area contributed by atoms with Gasteiger partial charge in [-0.25, -0.2) is 0 Å². The molecule has 0 aromatic heterocycles. The molecule has 116 valence electrons. The molecule has 1 aliphatic rings. The minimum absolute atomic E-state index is 0.609. The second-order valence-corrected chi connectivity index (χ2v) is 8.23. The van der Waals surface area contributed by atoms with E-state index in [2.05, 4.69) is 19.2 Å². The molecule has 0 bridgehead atoms. The Morgan fingerprint density at radius 2 is 1.76 bits per heavy atom. The second kappa shape index (κ2) is 6.45. The van der Waals surface area contributed by atoms with Crippen LogP contribution in [0.15, 0.2) is 41.5 Å². The lowest BCUT2D eigenvalue weighted by atomic mass is 9.93. The zero-order valence-electron chi connectivity index (χ0n) is 13.2. The van der Waals surface area contributed by atoms with Gasteiger partial charge in [0.15, 0.2) is 0 Å². The topological polar surface area (TPSA) is 47.6 Å². The van der Waals surface area contributed by atoms with E-state index in [1.807, 2.05) is 30.3 Å². The fraction of sp³-hybridized carbons (Fsp3) is 0.500. The molecule has 0 amide bonds. The Morgan fingerprint density at radius 3 is 2.29 bits per heavy atom. The average molecular weight is 309 g/mol. The van der Waals surface area contributed by atoms with Gasteiger partial charge >= 0.3 is 7.60 Å². The summed E-state index contributed by atoms with van der Waals surface area (Å²) in [5, 5.41) is 2.73. The standard InChI is InChI=1S/C16H24NO3P/c1-13-10-16(17-12-14(13)2,21(18,19-3)20-4)11-15-8-6-5-7-9-15/h5-9,17H,10-12H2,1-4H3/t16-/m0/s1. The lowest BCUT2D eigenvalue weighted by molar-refractivity contribution is 0.225. The molecule has 1 aliphatic heterocycles. The van der Waals surface area contributed by atoms with Gasteiger partial charge in [0.05, 0.1) is 0 Å². The molecule has 0 fully saturated rings.